The molecule has 1 aromatic carbocycles. The van der Waals surface area contributed by atoms with Crippen molar-refractivity contribution in [3.63, 3.8) is 0 Å². The van der Waals surface area contributed by atoms with E-state index in [0.29, 0.717) is 0 Å². The summed E-state index contributed by atoms with van der Waals surface area (Å²) in [6.45, 7) is 19.6. The molecule has 0 bridgehead atoms. The maximum absolute atomic E-state index is 12.4. The molecule has 0 radical (unpaired) electrons. The lowest BCUT2D eigenvalue weighted by Gasteiger charge is -2.39. The van der Waals surface area contributed by atoms with Crippen LogP contribution in [0.25, 0.3) is 0 Å². The van der Waals surface area contributed by atoms with Crippen LogP contribution in [0.15, 0.2) is 12.1 Å². The first-order valence-electron chi connectivity index (χ1n) is 7.11. The Hall–Kier alpha value is -0.980. The standard InChI is InChI=1S/C18H30O/c1-16(2,3)12-10-11-13(19)15(18(7,8)9)14(12)17(4,5)6/h10-11,19H,1-9H3/p-1. The molecule has 0 saturated carbocycles. The van der Waals surface area contributed by atoms with Crippen LogP contribution in [0, 0.1) is 0 Å². The third-order valence-electron chi connectivity index (χ3n) is 3.48. The minimum absolute atomic E-state index is 0.0222. The Morgan fingerprint density at radius 1 is 0.632 bits per heavy atom. The molecular formula is C18H29O-. The molecule has 0 aliphatic rings. The molecule has 108 valence electrons. The molecule has 0 fully saturated rings. The van der Waals surface area contributed by atoms with E-state index in [1.165, 1.54) is 11.1 Å². The zero-order valence-electron chi connectivity index (χ0n) is 14.1. The first-order chi connectivity index (χ1) is 8.26. The Bertz CT molecular complexity index is 462. The molecule has 0 N–H and O–H groups in total. The third kappa shape index (κ3) is 3.32. The lowest BCUT2D eigenvalue weighted by atomic mass is 9.68. The van der Waals surface area contributed by atoms with Gasteiger partial charge in [-0.05, 0) is 32.9 Å². The Morgan fingerprint density at radius 3 is 1.37 bits per heavy atom. The molecule has 0 atom stereocenters. The molecular weight excluding hydrogens is 232 g/mol. The van der Waals surface area contributed by atoms with Crippen molar-refractivity contribution < 1.29 is 5.11 Å². The lowest BCUT2D eigenvalue weighted by molar-refractivity contribution is -0.270. The van der Waals surface area contributed by atoms with Crippen molar-refractivity contribution in [1.82, 2.24) is 0 Å². The maximum Gasteiger partial charge on any atom is -0.0126 e. The largest absolute Gasteiger partial charge is 0.872 e. The number of rotatable bonds is 0. The summed E-state index contributed by atoms with van der Waals surface area (Å²) in [5.74, 6) is 0.172. The van der Waals surface area contributed by atoms with Crippen molar-refractivity contribution in [3.8, 4) is 5.75 Å². The fourth-order valence-corrected chi connectivity index (χ4v) is 2.73. The van der Waals surface area contributed by atoms with E-state index in [2.05, 4.69) is 62.3 Å². The van der Waals surface area contributed by atoms with Crippen molar-refractivity contribution >= 4 is 0 Å². The zero-order chi connectivity index (χ0) is 15.2. The second-order valence-electron chi connectivity index (χ2n) is 8.61. The van der Waals surface area contributed by atoms with E-state index in [0.717, 1.165) is 5.56 Å². The average Bonchev–Trinajstić information content (AvgIpc) is 2.11. The molecule has 0 unspecified atom stereocenters. The van der Waals surface area contributed by atoms with E-state index in [9.17, 15) is 5.11 Å². The third-order valence-corrected chi connectivity index (χ3v) is 3.48. The van der Waals surface area contributed by atoms with Gasteiger partial charge >= 0.3 is 0 Å². The summed E-state index contributed by atoms with van der Waals surface area (Å²) < 4.78 is 0. The summed E-state index contributed by atoms with van der Waals surface area (Å²) in [6.07, 6.45) is 0. The molecule has 0 heterocycles. The molecule has 1 heteroatoms. The van der Waals surface area contributed by atoms with Crippen LogP contribution in [0.3, 0.4) is 0 Å². The fourth-order valence-electron chi connectivity index (χ4n) is 2.73. The maximum atomic E-state index is 12.4. The summed E-state index contributed by atoms with van der Waals surface area (Å²) in [7, 11) is 0. The number of hydrogen-bond donors (Lipinski definition) is 0. The second kappa shape index (κ2) is 4.54. The van der Waals surface area contributed by atoms with Gasteiger partial charge in [0.25, 0.3) is 0 Å². The Labute approximate surface area is 119 Å². The highest BCUT2D eigenvalue weighted by molar-refractivity contribution is 5.52. The van der Waals surface area contributed by atoms with E-state index in [1.807, 2.05) is 6.07 Å². The quantitative estimate of drug-likeness (QED) is 0.666. The minimum atomic E-state index is -0.124. The first-order valence-corrected chi connectivity index (χ1v) is 7.11. The molecule has 1 nitrogen and oxygen atoms in total. The SMILES string of the molecule is CC(C)(C)c1ccc([O-])c(C(C)(C)C)c1C(C)(C)C. The number of benzene rings is 1. The summed E-state index contributed by atoms with van der Waals surface area (Å²) in [6, 6.07) is 3.77. The molecule has 0 saturated heterocycles. The van der Waals surface area contributed by atoms with Crippen molar-refractivity contribution in [2.75, 3.05) is 0 Å². The van der Waals surface area contributed by atoms with Gasteiger partial charge in [0, 0.05) is 0 Å². The highest BCUT2D eigenvalue weighted by Gasteiger charge is 2.31. The molecule has 0 amide bonds. The van der Waals surface area contributed by atoms with E-state index < -0.39 is 0 Å². The van der Waals surface area contributed by atoms with Gasteiger partial charge in [0.05, 0.1) is 0 Å². The Balaban J connectivity index is 3.82. The average molecular weight is 261 g/mol. The van der Waals surface area contributed by atoms with E-state index in [-0.39, 0.29) is 22.0 Å². The van der Waals surface area contributed by atoms with Crippen LogP contribution < -0.4 is 5.11 Å². The van der Waals surface area contributed by atoms with Crippen molar-refractivity contribution in [3.05, 3.63) is 28.8 Å². The summed E-state index contributed by atoms with van der Waals surface area (Å²) in [5.41, 5.74) is 3.42. The fraction of sp³-hybridized carbons (Fsp3) is 0.667. The Kier molecular flexibility index (Phi) is 3.84. The van der Waals surface area contributed by atoms with Gasteiger partial charge in [-0.15, -0.1) is 5.75 Å². The van der Waals surface area contributed by atoms with Crippen LogP contribution in [-0.4, -0.2) is 0 Å². The van der Waals surface area contributed by atoms with Gasteiger partial charge < -0.3 is 5.11 Å². The minimum Gasteiger partial charge on any atom is -0.872 e. The van der Waals surface area contributed by atoms with Crippen LogP contribution in [-0.2, 0) is 16.2 Å². The van der Waals surface area contributed by atoms with Crippen LogP contribution >= 0.6 is 0 Å². The molecule has 0 aromatic heterocycles. The van der Waals surface area contributed by atoms with Crippen LogP contribution in [0.1, 0.15) is 79.0 Å². The van der Waals surface area contributed by atoms with Crippen LogP contribution in [0.2, 0.25) is 0 Å². The van der Waals surface area contributed by atoms with Crippen molar-refractivity contribution in [2.45, 2.75) is 78.6 Å². The van der Waals surface area contributed by atoms with Gasteiger partial charge in [0.15, 0.2) is 0 Å². The van der Waals surface area contributed by atoms with E-state index in [4.69, 9.17) is 0 Å². The van der Waals surface area contributed by atoms with E-state index in [1.54, 1.807) is 6.07 Å². The Morgan fingerprint density at radius 2 is 1.05 bits per heavy atom. The highest BCUT2D eigenvalue weighted by atomic mass is 16.3. The van der Waals surface area contributed by atoms with E-state index >= 15 is 0 Å². The van der Waals surface area contributed by atoms with Gasteiger partial charge in [-0.2, -0.15) is 0 Å². The van der Waals surface area contributed by atoms with Gasteiger partial charge in [-0.1, -0.05) is 74.4 Å². The molecule has 1 aromatic rings. The van der Waals surface area contributed by atoms with Gasteiger partial charge in [0.2, 0.25) is 0 Å². The number of hydrogen-bond acceptors (Lipinski definition) is 1. The predicted molar refractivity (Wildman–Crippen MR) is 82.0 cm³/mol. The summed E-state index contributed by atoms with van der Waals surface area (Å²) in [4.78, 5) is 0. The highest BCUT2D eigenvalue weighted by Crippen LogP contribution is 2.43. The van der Waals surface area contributed by atoms with Crippen molar-refractivity contribution in [1.29, 1.82) is 0 Å². The lowest BCUT2D eigenvalue weighted by Crippen LogP contribution is -2.29. The van der Waals surface area contributed by atoms with Crippen molar-refractivity contribution in [2.24, 2.45) is 0 Å². The predicted octanol–water partition coefficient (Wildman–Crippen LogP) is 4.65. The molecule has 0 spiro atoms. The molecule has 0 aliphatic heterocycles. The van der Waals surface area contributed by atoms with Gasteiger partial charge in [-0.3, -0.25) is 0 Å². The smallest absolute Gasteiger partial charge is 0.0126 e. The topological polar surface area (TPSA) is 23.1 Å². The second-order valence-corrected chi connectivity index (χ2v) is 8.61. The van der Waals surface area contributed by atoms with Crippen LogP contribution in [0.4, 0.5) is 0 Å². The molecule has 0 aliphatic carbocycles. The summed E-state index contributed by atoms with van der Waals surface area (Å²) in [5, 5.41) is 12.4. The van der Waals surface area contributed by atoms with Crippen LogP contribution in [0.5, 0.6) is 5.75 Å². The normalized spacial score (nSPS) is 13.7. The van der Waals surface area contributed by atoms with Gasteiger partial charge in [-0.25, -0.2) is 0 Å². The molecule has 1 rings (SSSR count). The first kappa shape index (κ1) is 16.1. The monoisotopic (exact) mass is 261 g/mol. The summed E-state index contributed by atoms with van der Waals surface area (Å²) >= 11 is 0. The molecule has 19 heavy (non-hydrogen) atoms. The van der Waals surface area contributed by atoms with Gasteiger partial charge in [0.1, 0.15) is 0 Å². The zero-order valence-corrected chi connectivity index (χ0v) is 14.1.